The summed E-state index contributed by atoms with van der Waals surface area (Å²) in [4.78, 5) is 23.1. The second-order valence-corrected chi connectivity index (χ2v) is 11.3. The molecular formula is C32H48N2O6. The van der Waals surface area contributed by atoms with Crippen LogP contribution in [0.5, 0.6) is 5.75 Å². The number of allylic oxidation sites excluding steroid dienone is 2. The number of rotatable bonds is 14. The Morgan fingerprint density at radius 2 is 1.80 bits per heavy atom. The van der Waals surface area contributed by atoms with Crippen molar-refractivity contribution in [2.24, 2.45) is 35.3 Å². The number of hydrogen-bond acceptors (Lipinski definition) is 6. The van der Waals surface area contributed by atoms with E-state index in [0.29, 0.717) is 17.9 Å². The summed E-state index contributed by atoms with van der Waals surface area (Å²) in [7, 11) is 0. The van der Waals surface area contributed by atoms with Crippen LogP contribution in [-0.4, -0.2) is 47.1 Å². The third-order valence-corrected chi connectivity index (χ3v) is 7.58. The van der Waals surface area contributed by atoms with Gasteiger partial charge >= 0.3 is 6.09 Å². The van der Waals surface area contributed by atoms with Crippen molar-refractivity contribution in [1.29, 1.82) is 0 Å². The zero-order chi connectivity index (χ0) is 30.0. The highest BCUT2D eigenvalue weighted by Gasteiger charge is 2.33. The Labute approximate surface area is 239 Å². The molecular weight excluding hydrogens is 508 g/mol. The van der Waals surface area contributed by atoms with Crippen LogP contribution in [0.25, 0.3) is 6.08 Å². The van der Waals surface area contributed by atoms with E-state index in [-0.39, 0.29) is 42.1 Å². The number of nitrogens with two attached hydrogens (primary N) is 1. The average molecular weight is 557 g/mol. The highest BCUT2D eigenvalue weighted by molar-refractivity contribution is 5.95. The molecule has 1 aliphatic rings. The summed E-state index contributed by atoms with van der Waals surface area (Å²) >= 11 is 0. The maximum Gasteiger partial charge on any atom is 0.404 e. The Kier molecular flexibility index (Phi) is 12.9. The van der Waals surface area contributed by atoms with Crippen molar-refractivity contribution in [2.75, 3.05) is 11.9 Å². The molecule has 222 valence electrons. The number of hydrogen-bond donors (Lipinski definition) is 4. The van der Waals surface area contributed by atoms with Crippen molar-refractivity contribution in [3.8, 4) is 5.75 Å². The maximum atomic E-state index is 11.6. The van der Waals surface area contributed by atoms with Gasteiger partial charge in [-0.1, -0.05) is 83.6 Å². The van der Waals surface area contributed by atoms with Gasteiger partial charge in [0.1, 0.15) is 11.9 Å². The number of benzene rings is 1. The molecule has 5 N–H and O–H groups in total. The minimum absolute atomic E-state index is 0.0209. The predicted molar refractivity (Wildman–Crippen MR) is 160 cm³/mol. The summed E-state index contributed by atoms with van der Waals surface area (Å²) in [5, 5.41) is 24.9. The summed E-state index contributed by atoms with van der Waals surface area (Å²) in [5.74, 6) is -0.255. The number of aliphatic hydroxyl groups is 2. The van der Waals surface area contributed by atoms with E-state index in [1.54, 1.807) is 0 Å². The van der Waals surface area contributed by atoms with Crippen LogP contribution in [0.4, 0.5) is 10.5 Å². The Morgan fingerprint density at radius 3 is 2.45 bits per heavy atom. The van der Waals surface area contributed by atoms with E-state index in [1.165, 1.54) is 0 Å². The van der Waals surface area contributed by atoms with Gasteiger partial charge in [0, 0.05) is 23.7 Å². The van der Waals surface area contributed by atoms with Gasteiger partial charge in [-0.05, 0) is 43.4 Å². The number of anilines is 1. The molecule has 8 atom stereocenters. The number of carbonyl (C=O) groups excluding carboxylic acids is 2. The maximum absolute atomic E-state index is 11.6. The summed E-state index contributed by atoms with van der Waals surface area (Å²) in [5.41, 5.74) is 7.94. The van der Waals surface area contributed by atoms with Crippen LogP contribution in [0.15, 0.2) is 48.1 Å². The molecule has 2 rings (SSSR count). The van der Waals surface area contributed by atoms with Crippen molar-refractivity contribution >= 4 is 23.8 Å². The van der Waals surface area contributed by atoms with Crippen LogP contribution in [0, 0.1) is 29.6 Å². The molecule has 0 fully saturated rings. The number of amides is 2. The topological polar surface area (TPSA) is 131 Å². The molecule has 1 heterocycles. The minimum Gasteiger partial charge on any atom is -0.482 e. The summed E-state index contributed by atoms with van der Waals surface area (Å²) in [6, 6.07) is 5.58. The number of fused-ring (bicyclic) bond motifs is 1. The highest BCUT2D eigenvalue weighted by Crippen LogP contribution is 2.30. The second kappa shape index (κ2) is 15.6. The lowest BCUT2D eigenvalue weighted by Crippen LogP contribution is -2.41. The monoisotopic (exact) mass is 556 g/mol. The Hall–Kier alpha value is -3.10. The van der Waals surface area contributed by atoms with Crippen molar-refractivity contribution in [1.82, 2.24) is 0 Å². The zero-order valence-corrected chi connectivity index (χ0v) is 25.0. The molecule has 0 aromatic heterocycles. The van der Waals surface area contributed by atoms with Gasteiger partial charge in [-0.2, -0.15) is 0 Å². The number of ether oxygens (including phenoxy) is 2. The van der Waals surface area contributed by atoms with Crippen LogP contribution < -0.4 is 15.8 Å². The van der Waals surface area contributed by atoms with Gasteiger partial charge in [0.05, 0.1) is 17.9 Å². The lowest BCUT2D eigenvalue weighted by Gasteiger charge is -2.33. The molecule has 40 heavy (non-hydrogen) atoms. The van der Waals surface area contributed by atoms with E-state index in [0.717, 1.165) is 17.6 Å². The molecule has 0 bridgehead atoms. The van der Waals surface area contributed by atoms with Gasteiger partial charge in [0.2, 0.25) is 0 Å². The fraction of sp³-hybridized carbons (Fsp3) is 0.562. The van der Waals surface area contributed by atoms with Crippen LogP contribution in [0.2, 0.25) is 0 Å². The van der Waals surface area contributed by atoms with Crippen molar-refractivity contribution in [2.45, 2.75) is 79.6 Å². The first kappa shape index (κ1) is 33.1. The van der Waals surface area contributed by atoms with Gasteiger partial charge in [-0.15, -0.1) is 0 Å². The SMILES string of the molecule is CCC=CC(C)[C@H](OC(N)=O)[C@@H](C)[C@H](O)[C@@H](C)CC(C)=C[C@H](C)[C@@H](O)C(C)C=Cc1ccc2c(c1)NC(=O)CO2. The summed E-state index contributed by atoms with van der Waals surface area (Å²) < 4.78 is 10.8. The van der Waals surface area contributed by atoms with Crippen LogP contribution in [-0.2, 0) is 9.53 Å². The predicted octanol–water partition coefficient (Wildman–Crippen LogP) is 5.70. The van der Waals surface area contributed by atoms with Crippen molar-refractivity contribution < 1.29 is 29.3 Å². The van der Waals surface area contributed by atoms with Crippen LogP contribution >= 0.6 is 0 Å². The molecule has 0 radical (unpaired) electrons. The Balaban J connectivity index is 1.99. The average Bonchev–Trinajstić information content (AvgIpc) is 2.91. The van der Waals surface area contributed by atoms with E-state index in [4.69, 9.17) is 15.2 Å². The molecule has 1 aromatic rings. The van der Waals surface area contributed by atoms with Gasteiger partial charge in [-0.25, -0.2) is 4.79 Å². The molecule has 0 aliphatic carbocycles. The molecule has 1 aromatic carbocycles. The summed E-state index contributed by atoms with van der Waals surface area (Å²) in [6.45, 7) is 13.8. The second-order valence-electron chi connectivity index (χ2n) is 11.3. The Morgan fingerprint density at radius 1 is 1.10 bits per heavy atom. The largest absolute Gasteiger partial charge is 0.482 e. The van der Waals surface area contributed by atoms with Crippen LogP contribution in [0.1, 0.15) is 66.9 Å². The Bertz CT molecular complexity index is 1080. The molecule has 1 aliphatic heterocycles. The standard InChI is InChI=1S/C32H48N2O6/c1-8-9-10-21(4)31(40-32(33)38)24(7)30(37)23(6)16-19(2)15-22(5)29(36)20(3)11-12-25-13-14-27-26(17-25)34-28(35)18-39-27/h9-15,17,20-24,29-31,36-37H,8,16,18H2,1-7H3,(H2,33,38)(H,34,35)/t20?,21?,22-,23-,24-,29-,30+,31-/m0/s1. The first-order valence-electron chi connectivity index (χ1n) is 14.2. The fourth-order valence-electron chi connectivity index (χ4n) is 5.30. The third-order valence-electron chi connectivity index (χ3n) is 7.58. The third kappa shape index (κ3) is 9.82. The minimum atomic E-state index is -0.845. The molecule has 0 saturated carbocycles. The number of nitrogens with one attached hydrogen (secondary N) is 1. The first-order chi connectivity index (χ1) is 18.8. The molecule has 2 unspecified atom stereocenters. The first-order valence-corrected chi connectivity index (χ1v) is 14.2. The number of aliphatic hydroxyl groups excluding tert-OH is 2. The van der Waals surface area contributed by atoms with E-state index >= 15 is 0 Å². The van der Waals surface area contributed by atoms with Gasteiger partial charge in [-0.3, -0.25) is 4.79 Å². The van der Waals surface area contributed by atoms with E-state index < -0.39 is 24.4 Å². The van der Waals surface area contributed by atoms with Crippen molar-refractivity contribution in [3.05, 3.63) is 53.6 Å². The van der Waals surface area contributed by atoms with Crippen molar-refractivity contribution in [3.63, 3.8) is 0 Å². The molecule has 8 heteroatoms. The molecule has 0 spiro atoms. The lowest BCUT2D eigenvalue weighted by atomic mass is 9.81. The molecule has 8 nitrogen and oxygen atoms in total. The van der Waals surface area contributed by atoms with Gasteiger partial charge in [0.25, 0.3) is 5.91 Å². The van der Waals surface area contributed by atoms with Crippen LogP contribution in [0.3, 0.4) is 0 Å². The number of carbonyl (C=O) groups is 2. The van der Waals surface area contributed by atoms with Gasteiger partial charge in [0.15, 0.2) is 6.61 Å². The molecule has 2 amide bonds. The normalized spacial score (nSPS) is 20.0. The smallest absolute Gasteiger partial charge is 0.404 e. The quantitative estimate of drug-likeness (QED) is 0.217. The van der Waals surface area contributed by atoms with E-state index in [9.17, 15) is 19.8 Å². The highest BCUT2D eigenvalue weighted by atomic mass is 16.6. The molecule has 0 saturated heterocycles. The van der Waals surface area contributed by atoms with E-state index in [2.05, 4.69) is 11.4 Å². The zero-order valence-electron chi connectivity index (χ0n) is 25.0. The van der Waals surface area contributed by atoms with E-state index in [1.807, 2.05) is 91.0 Å². The lowest BCUT2D eigenvalue weighted by molar-refractivity contribution is -0.118. The van der Waals surface area contributed by atoms with Gasteiger partial charge < -0.3 is 30.7 Å². The fourth-order valence-corrected chi connectivity index (χ4v) is 5.30. The number of primary amides is 1. The summed E-state index contributed by atoms with van der Waals surface area (Å²) in [6.07, 6.45) is 8.76.